The fourth-order valence-corrected chi connectivity index (χ4v) is 4.00. The van der Waals surface area contributed by atoms with E-state index in [-0.39, 0.29) is 43.1 Å². The van der Waals surface area contributed by atoms with Crippen molar-refractivity contribution in [2.75, 3.05) is 13.2 Å². The molecule has 9 heteroatoms. The van der Waals surface area contributed by atoms with Gasteiger partial charge in [-0.15, -0.1) is 11.3 Å². The van der Waals surface area contributed by atoms with E-state index < -0.39 is 24.0 Å². The Morgan fingerprint density at radius 1 is 1.14 bits per heavy atom. The minimum absolute atomic E-state index is 0.0329. The predicted molar refractivity (Wildman–Crippen MR) is 108 cm³/mol. The molecule has 0 spiro atoms. The quantitative estimate of drug-likeness (QED) is 0.468. The molecule has 2 N–H and O–H groups in total. The second kappa shape index (κ2) is 10.2. The number of Topliss-reactive ketones (excluding diaryl/α,β-unsaturated/α-hetero) is 1. The van der Waals surface area contributed by atoms with E-state index in [4.69, 9.17) is 9.47 Å². The monoisotopic (exact) mass is 422 g/mol. The van der Waals surface area contributed by atoms with Crippen LogP contribution in [0.4, 0.5) is 4.79 Å². The number of amides is 2. The number of ether oxygens (including phenoxy) is 2. The van der Waals surface area contributed by atoms with Crippen molar-refractivity contribution in [3.05, 3.63) is 32.7 Å². The van der Waals surface area contributed by atoms with Crippen molar-refractivity contribution in [2.24, 2.45) is 0 Å². The number of hydrogen-bond donors (Lipinski definition) is 2. The molecule has 2 rings (SSSR count). The van der Waals surface area contributed by atoms with Gasteiger partial charge in [0, 0.05) is 21.7 Å². The largest absolute Gasteiger partial charge is 0.463 e. The standard InChI is InChI=1S/C20H26N2O6S/c1-5-14-18(19(25)27-6-2)15(22-20(26)21-14)10-28-17(24)8-7-16(23)13-9-11(3)29-12(13)4/h9,14H,5-8,10H2,1-4H3,(H2,21,22,26)/t14-/m0/s1. The average Bonchev–Trinajstić information content (AvgIpc) is 3.02. The van der Waals surface area contributed by atoms with Crippen LogP contribution >= 0.6 is 11.3 Å². The third-order valence-electron chi connectivity index (χ3n) is 4.42. The number of nitrogens with one attached hydrogen (secondary N) is 2. The molecule has 0 saturated carbocycles. The van der Waals surface area contributed by atoms with E-state index in [0.29, 0.717) is 12.0 Å². The lowest BCUT2D eigenvalue weighted by molar-refractivity contribution is -0.143. The Balaban J connectivity index is 2.00. The Labute approximate surface area is 173 Å². The van der Waals surface area contributed by atoms with Crippen molar-refractivity contribution < 1.29 is 28.7 Å². The van der Waals surface area contributed by atoms with Crippen LogP contribution < -0.4 is 10.6 Å². The van der Waals surface area contributed by atoms with E-state index in [2.05, 4.69) is 10.6 Å². The van der Waals surface area contributed by atoms with Gasteiger partial charge in [-0.2, -0.15) is 0 Å². The van der Waals surface area contributed by atoms with Crippen LogP contribution in [0.5, 0.6) is 0 Å². The summed E-state index contributed by atoms with van der Waals surface area (Å²) in [7, 11) is 0. The van der Waals surface area contributed by atoms with Crippen LogP contribution in [0.2, 0.25) is 0 Å². The van der Waals surface area contributed by atoms with Gasteiger partial charge >= 0.3 is 18.0 Å². The zero-order valence-corrected chi connectivity index (χ0v) is 17.9. The first-order valence-electron chi connectivity index (χ1n) is 9.50. The summed E-state index contributed by atoms with van der Waals surface area (Å²) >= 11 is 1.54. The number of ketones is 1. The predicted octanol–water partition coefficient (Wildman–Crippen LogP) is 2.78. The molecule has 158 valence electrons. The van der Waals surface area contributed by atoms with E-state index >= 15 is 0 Å². The number of rotatable bonds is 9. The number of hydrogen-bond acceptors (Lipinski definition) is 7. The first-order valence-corrected chi connectivity index (χ1v) is 10.3. The molecule has 0 unspecified atom stereocenters. The highest BCUT2D eigenvalue weighted by atomic mass is 32.1. The molecule has 0 radical (unpaired) electrons. The molecular formula is C20H26N2O6S. The molecule has 1 atom stereocenters. The molecule has 0 fully saturated rings. The maximum absolute atomic E-state index is 12.3. The lowest BCUT2D eigenvalue weighted by atomic mass is 10.0. The fraction of sp³-hybridized carbons (Fsp3) is 0.500. The SMILES string of the molecule is CCOC(=O)C1=C(COC(=O)CCC(=O)c2cc(C)sc2C)NC(=O)N[C@H]1CC. The van der Waals surface area contributed by atoms with Gasteiger partial charge in [-0.05, 0) is 33.3 Å². The van der Waals surface area contributed by atoms with Gasteiger partial charge in [0.2, 0.25) is 0 Å². The normalized spacial score (nSPS) is 16.1. The molecule has 29 heavy (non-hydrogen) atoms. The Bertz CT molecular complexity index is 842. The maximum atomic E-state index is 12.3. The molecule has 1 aliphatic heterocycles. The van der Waals surface area contributed by atoms with E-state index in [1.54, 1.807) is 6.92 Å². The Hall–Kier alpha value is -2.68. The van der Waals surface area contributed by atoms with Gasteiger partial charge in [-0.25, -0.2) is 9.59 Å². The summed E-state index contributed by atoms with van der Waals surface area (Å²) in [6, 6.07) is 0.817. The van der Waals surface area contributed by atoms with E-state index in [1.165, 1.54) is 11.3 Å². The van der Waals surface area contributed by atoms with Crippen molar-refractivity contribution in [3.63, 3.8) is 0 Å². The van der Waals surface area contributed by atoms with Gasteiger partial charge in [0.1, 0.15) is 6.61 Å². The van der Waals surface area contributed by atoms with Gasteiger partial charge in [-0.1, -0.05) is 6.92 Å². The molecule has 1 aromatic heterocycles. The van der Waals surface area contributed by atoms with Gasteiger partial charge in [0.05, 0.1) is 30.3 Å². The highest BCUT2D eigenvalue weighted by Crippen LogP contribution is 2.22. The van der Waals surface area contributed by atoms with Crippen molar-refractivity contribution in [1.29, 1.82) is 0 Å². The van der Waals surface area contributed by atoms with Crippen LogP contribution in [0.1, 0.15) is 53.2 Å². The Morgan fingerprint density at radius 2 is 1.86 bits per heavy atom. The minimum Gasteiger partial charge on any atom is -0.463 e. The highest BCUT2D eigenvalue weighted by molar-refractivity contribution is 7.12. The molecule has 1 aliphatic rings. The van der Waals surface area contributed by atoms with Crippen molar-refractivity contribution in [3.8, 4) is 0 Å². The lowest BCUT2D eigenvalue weighted by Gasteiger charge is -2.28. The van der Waals surface area contributed by atoms with E-state index in [9.17, 15) is 19.2 Å². The number of esters is 2. The Morgan fingerprint density at radius 3 is 2.45 bits per heavy atom. The zero-order valence-electron chi connectivity index (χ0n) is 17.0. The number of carbonyl (C=O) groups excluding carboxylic acids is 4. The topological polar surface area (TPSA) is 111 Å². The van der Waals surface area contributed by atoms with Crippen LogP contribution in [0.3, 0.4) is 0 Å². The summed E-state index contributed by atoms with van der Waals surface area (Å²) in [5.74, 6) is -1.27. The average molecular weight is 423 g/mol. The molecule has 0 aliphatic carbocycles. The second-order valence-corrected chi connectivity index (χ2v) is 8.04. The zero-order chi connectivity index (χ0) is 21.6. The molecule has 2 heterocycles. The summed E-state index contributed by atoms with van der Waals surface area (Å²) in [6.45, 7) is 7.20. The van der Waals surface area contributed by atoms with Crippen molar-refractivity contribution in [1.82, 2.24) is 10.6 Å². The third-order valence-corrected chi connectivity index (χ3v) is 5.39. The first-order chi connectivity index (χ1) is 13.8. The molecule has 2 amide bonds. The van der Waals surface area contributed by atoms with E-state index in [1.807, 2.05) is 26.8 Å². The molecule has 8 nitrogen and oxygen atoms in total. The Kier molecular flexibility index (Phi) is 7.95. The van der Waals surface area contributed by atoms with Crippen molar-refractivity contribution >= 4 is 35.1 Å². The fourth-order valence-electron chi connectivity index (χ4n) is 3.06. The van der Waals surface area contributed by atoms with Crippen molar-refractivity contribution in [2.45, 2.75) is 53.0 Å². The van der Waals surface area contributed by atoms with E-state index in [0.717, 1.165) is 9.75 Å². The number of urea groups is 1. The molecule has 1 aromatic rings. The highest BCUT2D eigenvalue weighted by Gasteiger charge is 2.32. The summed E-state index contributed by atoms with van der Waals surface area (Å²) in [5, 5.41) is 5.16. The number of carbonyl (C=O) groups is 4. The number of aryl methyl sites for hydroxylation is 2. The van der Waals surface area contributed by atoms with Gasteiger partial charge < -0.3 is 20.1 Å². The van der Waals surface area contributed by atoms with Gasteiger partial charge in [-0.3, -0.25) is 9.59 Å². The molecule has 0 saturated heterocycles. The maximum Gasteiger partial charge on any atom is 0.338 e. The van der Waals surface area contributed by atoms with Gasteiger partial charge in [0.15, 0.2) is 5.78 Å². The van der Waals surface area contributed by atoms with Crippen LogP contribution in [-0.4, -0.2) is 43.0 Å². The number of thiophene rings is 1. The van der Waals surface area contributed by atoms with Crippen LogP contribution in [-0.2, 0) is 19.1 Å². The minimum atomic E-state index is -0.584. The smallest absolute Gasteiger partial charge is 0.338 e. The third kappa shape index (κ3) is 5.90. The van der Waals surface area contributed by atoms with Crippen LogP contribution in [0.15, 0.2) is 17.3 Å². The molecule has 0 bridgehead atoms. The summed E-state index contributed by atoms with van der Waals surface area (Å²) in [4.78, 5) is 50.5. The second-order valence-electron chi connectivity index (χ2n) is 6.58. The molecule has 0 aromatic carbocycles. The van der Waals surface area contributed by atoms with Crippen LogP contribution in [0, 0.1) is 13.8 Å². The summed E-state index contributed by atoms with van der Waals surface area (Å²) < 4.78 is 10.3. The molecular weight excluding hydrogens is 396 g/mol. The first kappa shape index (κ1) is 22.6. The summed E-state index contributed by atoms with van der Waals surface area (Å²) in [6.07, 6.45) is 0.427. The lowest BCUT2D eigenvalue weighted by Crippen LogP contribution is -2.51. The summed E-state index contributed by atoms with van der Waals surface area (Å²) in [5.41, 5.74) is 1.06. The van der Waals surface area contributed by atoms with Crippen LogP contribution in [0.25, 0.3) is 0 Å². The van der Waals surface area contributed by atoms with Gasteiger partial charge in [0.25, 0.3) is 0 Å².